The van der Waals surface area contributed by atoms with Gasteiger partial charge in [0.05, 0.1) is 19.1 Å². The van der Waals surface area contributed by atoms with Crippen LogP contribution in [-0.2, 0) is 0 Å². The number of non-ortho nitro benzene ring substituents is 1. The third kappa shape index (κ3) is 3.08. The molecule has 0 bridgehead atoms. The third-order valence-corrected chi connectivity index (χ3v) is 4.22. The Kier molecular flexibility index (Phi) is 4.47. The number of rotatable bonds is 5. The minimum atomic E-state index is -0.400. The van der Waals surface area contributed by atoms with Gasteiger partial charge >= 0.3 is 0 Å². The molecule has 7 heteroatoms. The van der Waals surface area contributed by atoms with Crippen molar-refractivity contribution in [2.75, 3.05) is 24.0 Å². The quantitative estimate of drug-likeness (QED) is 0.609. The highest BCUT2D eigenvalue weighted by atomic mass is 16.6. The van der Waals surface area contributed by atoms with Crippen molar-refractivity contribution in [3.63, 3.8) is 0 Å². The zero-order valence-electron chi connectivity index (χ0n) is 14.2. The van der Waals surface area contributed by atoms with E-state index >= 15 is 0 Å². The van der Waals surface area contributed by atoms with Gasteiger partial charge in [0, 0.05) is 42.0 Å². The van der Waals surface area contributed by atoms with E-state index in [0.29, 0.717) is 11.5 Å². The summed E-state index contributed by atoms with van der Waals surface area (Å²) in [4.78, 5) is 14.5. The normalized spacial score (nSPS) is 16.2. The third-order valence-electron chi connectivity index (χ3n) is 4.22. The Bertz CT molecular complexity index is 804. The van der Waals surface area contributed by atoms with Crippen molar-refractivity contribution >= 4 is 17.1 Å². The van der Waals surface area contributed by atoms with Crippen molar-refractivity contribution in [1.82, 2.24) is 0 Å². The second kappa shape index (κ2) is 6.72. The maximum atomic E-state index is 10.8. The number of nitrogens with zero attached hydrogens (tertiary/aromatic N) is 3. The van der Waals surface area contributed by atoms with Gasteiger partial charge in [-0.3, -0.25) is 10.1 Å². The van der Waals surface area contributed by atoms with Crippen molar-refractivity contribution < 1.29 is 14.4 Å². The Morgan fingerprint density at radius 1 is 0.920 bits per heavy atom. The molecule has 0 aliphatic carbocycles. The topological polar surface area (TPSA) is 68.1 Å². The first-order valence-corrected chi connectivity index (χ1v) is 7.76. The van der Waals surface area contributed by atoms with Crippen LogP contribution in [0.5, 0.6) is 11.5 Å². The lowest BCUT2D eigenvalue weighted by molar-refractivity contribution is -0.384. The average Bonchev–Trinajstić information content (AvgIpc) is 3.02. The maximum Gasteiger partial charge on any atom is 0.269 e. The number of ether oxygens (including phenoxy) is 2. The van der Waals surface area contributed by atoms with Crippen LogP contribution in [0, 0.1) is 10.1 Å². The first kappa shape index (κ1) is 16.6. The second-order valence-corrected chi connectivity index (χ2v) is 5.56. The summed E-state index contributed by atoms with van der Waals surface area (Å²) in [6.07, 6.45) is 3.93. The summed E-state index contributed by atoms with van der Waals surface area (Å²) in [5.74, 6) is 1.34. The van der Waals surface area contributed by atoms with E-state index in [9.17, 15) is 10.1 Å². The SMILES string of the molecule is COc1ccc(N2C=CN(c3ccc([N+](=O)[O-])cc3)C2C)cc1OC. The van der Waals surface area contributed by atoms with Gasteiger partial charge in [0.15, 0.2) is 11.5 Å². The lowest BCUT2D eigenvalue weighted by Crippen LogP contribution is -2.35. The van der Waals surface area contributed by atoms with Gasteiger partial charge < -0.3 is 19.3 Å². The number of anilines is 2. The fourth-order valence-corrected chi connectivity index (χ4v) is 2.86. The van der Waals surface area contributed by atoms with Crippen LogP contribution in [0.25, 0.3) is 0 Å². The number of benzene rings is 2. The summed E-state index contributed by atoms with van der Waals surface area (Å²) in [5.41, 5.74) is 1.93. The fourth-order valence-electron chi connectivity index (χ4n) is 2.86. The zero-order valence-corrected chi connectivity index (χ0v) is 14.2. The number of hydrogen-bond donors (Lipinski definition) is 0. The molecule has 0 saturated carbocycles. The highest BCUT2D eigenvalue weighted by Gasteiger charge is 2.25. The van der Waals surface area contributed by atoms with Gasteiger partial charge in [-0.1, -0.05) is 0 Å². The molecular weight excluding hydrogens is 322 g/mol. The molecule has 7 nitrogen and oxygen atoms in total. The molecule has 2 aromatic carbocycles. The first-order chi connectivity index (χ1) is 12.0. The minimum Gasteiger partial charge on any atom is -0.493 e. The van der Waals surface area contributed by atoms with E-state index in [1.165, 1.54) is 12.1 Å². The van der Waals surface area contributed by atoms with Crippen LogP contribution in [0.3, 0.4) is 0 Å². The molecule has 1 aliphatic rings. The Labute approximate surface area is 145 Å². The molecule has 130 valence electrons. The van der Waals surface area contributed by atoms with E-state index in [2.05, 4.69) is 11.8 Å². The van der Waals surface area contributed by atoms with Crippen LogP contribution in [0.1, 0.15) is 6.92 Å². The lowest BCUT2D eigenvalue weighted by atomic mass is 10.2. The Balaban J connectivity index is 1.83. The number of methoxy groups -OCH3 is 2. The molecule has 2 aromatic rings. The van der Waals surface area contributed by atoms with E-state index in [0.717, 1.165) is 11.4 Å². The van der Waals surface area contributed by atoms with Crippen LogP contribution in [0.15, 0.2) is 54.9 Å². The van der Waals surface area contributed by atoms with E-state index in [1.54, 1.807) is 26.4 Å². The van der Waals surface area contributed by atoms with E-state index in [-0.39, 0.29) is 11.9 Å². The summed E-state index contributed by atoms with van der Waals surface area (Å²) in [7, 11) is 3.21. The van der Waals surface area contributed by atoms with Crippen molar-refractivity contribution in [1.29, 1.82) is 0 Å². The average molecular weight is 341 g/mol. The summed E-state index contributed by atoms with van der Waals surface area (Å²) < 4.78 is 10.6. The predicted octanol–water partition coefficient (Wildman–Crippen LogP) is 3.76. The van der Waals surface area contributed by atoms with Crippen molar-refractivity contribution in [2.45, 2.75) is 13.1 Å². The molecule has 0 aromatic heterocycles. The molecule has 0 N–H and O–H groups in total. The number of nitro benzene ring substituents is 1. The Hall–Kier alpha value is -3.22. The van der Waals surface area contributed by atoms with Gasteiger partial charge in [0.2, 0.25) is 0 Å². The fraction of sp³-hybridized carbons (Fsp3) is 0.222. The standard InChI is InChI=1S/C18H19N3O4/c1-13-19(14-4-6-15(7-5-14)21(22)23)10-11-20(13)16-8-9-17(24-2)18(12-16)25-3/h4-13H,1-3H3. The van der Waals surface area contributed by atoms with Gasteiger partial charge in [0.25, 0.3) is 5.69 Å². The first-order valence-electron chi connectivity index (χ1n) is 7.76. The summed E-state index contributed by atoms with van der Waals surface area (Å²) in [6.45, 7) is 2.05. The summed E-state index contributed by atoms with van der Waals surface area (Å²) >= 11 is 0. The Morgan fingerprint density at radius 2 is 1.48 bits per heavy atom. The summed E-state index contributed by atoms with van der Waals surface area (Å²) in [6, 6.07) is 12.3. The van der Waals surface area contributed by atoms with E-state index < -0.39 is 4.92 Å². The highest BCUT2D eigenvalue weighted by molar-refractivity contribution is 5.64. The Morgan fingerprint density at radius 3 is 2.04 bits per heavy atom. The molecule has 0 spiro atoms. The minimum absolute atomic E-state index is 0.0135. The molecule has 3 rings (SSSR count). The van der Waals surface area contributed by atoms with Crippen LogP contribution >= 0.6 is 0 Å². The molecule has 1 unspecified atom stereocenters. The number of hydrogen-bond acceptors (Lipinski definition) is 6. The van der Waals surface area contributed by atoms with Gasteiger partial charge in [-0.2, -0.15) is 0 Å². The van der Waals surface area contributed by atoms with E-state index in [4.69, 9.17) is 9.47 Å². The van der Waals surface area contributed by atoms with Gasteiger partial charge in [0.1, 0.15) is 6.17 Å². The van der Waals surface area contributed by atoms with Crippen molar-refractivity contribution in [2.24, 2.45) is 0 Å². The van der Waals surface area contributed by atoms with Crippen molar-refractivity contribution in [3.8, 4) is 11.5 Å². The van der Waals surface area contributed by atoms with Crippen molar-refractivity contribution in [3.05, 3.63) is 65.0 Å². The lowest BCUT2D eigenvalue weighted by Gasteiger charge is -2.30. The van der Waals surface area contributed by atoms with Gasteiger partial charge in [-0.15, -0.1) is 0 Å². The maximum absolute atomic E-state index is 10.8. The molecular formula is C18H19N3O4. The van der Waals surface area contributed by atoms with Crippen LogP contribution < -0.4 is 19.3 Å². The molecule has 1 atom stereocenters. The second-order valence-electron chi connectivity index (χ2n) is 5.56. The van der Waals surface area contributed by atoms with Gasteiger partial charge in [-0.05, 0) is 31.2 Å². The van der Waals surface area contributed by atoms with Crippen LogP contribution in [0.4, 0.5) is 17.1 Å². The largest absolute Gasteiger partial charge is 0.493 e. The monoisotopic (exact) mass is 341 g/mol. The highest BCUT2D eigenvalue weighted by Crippen LogP contribution is 2.35. The predicted molar refractivity (Wildman–Crippen MR) is 96.2 cm³/mol. The molecule has 0 saturated heterocycles. The molecule has 0 radical (unpaired) electrons. The molecule has 0 fully saturated rings. The van der Waals surface area contributed by atoms with Crippen LogP contribution in [-0.4, -0.2) is 25.3 Å². The molecule has 25 heavy (non-hydrogen) atoms. The van der Waals surface area contributed by atoms with Gasteiger partial charge in [-0.25, -0.2) is 0 Å². The molecule has 0 amide bonds. The smallest absolute Gasteiger partial charge is 0.269 e. The summed E-state index contributed by atoms with van der Waals surface area (Å²) in [5, 5.41) is 10.8. The van der Waals surface area contributed by atoms with Crippen LogP contribution in [0.2, 0.25) is 0 Å². The number of nitro groups is 1. The molecule has 1 heterocycles. The van der Waals surface area contributed by atoms with E-state index in [1.807, 2.05) is 35.5 Å². The molecule has 1 aliphatic heterocycles. The zero-order chi connectivity index (χ0) is 18.0.